The van der Waals surface area contributed by atoms with Crippen molar-refractivity contribution in [2.45, 2.75) is 26.2 Å². The molecule has 2 aliphatic rings. The Morgan fingerprint density at radius 3 is 2.76 bits per heavy atom. The van der Waals surface area contributed by atoms with Gasteiger partial charge in [0.15, 0.2) is 0 Å². The lowest BCUT2D eigenvalue weighted by molar-refractivity contribution is -0.130. The SMILES string of the molecule is CC(=O)N1CCCC(CCN2CCNCC2)C1. The number of piperazine rings is 1. The summed E-state index contributed by atoms with van der Waals surface area (Å²) in [5, 5.41) is 3.38. The maximum Gasteiger partial charge on any atom is 0.219 e. The second-order valence-electron chi connectivity index (χ2n) is 5.35. The largest absolute Gasteiger partial charge is 0.343 e. The molecule has 1 unspecified atom stereocenters. The third kappa shape index (κ3) is 3.96. The standard InChI is InChI=1S/C13H25N3O/c1-12(17)16-7-2-3-13(11-16)4-8-15-9-5-14-6-10-15/h13-14H,2-11H2,1H3. The highest BCUT2D eigenvalue weighted by molar-refractivity contribution is 5.73. The molecule has 2 heterocycles. The molecule has 1 amide bonds. The van der Waals surface area contributed by atoms with Crippen LogP contribution >= 0.6 is 0 Å². The number of piperidine rings is 1. The molecule has 1 atom stereocenters. The first kappa shape index (κ1) is 12.8. The Hall–Kier alpha value is -0.610. The molecule has 1 N–H and O–H groups in total. The second-order valence-corrected chi connectivity index (χ2v) is 5.35. The van der Waals surface area contributed by atoms with Crippen LogP contribution in [-0.4, -0.2) is 61.5 Å². The van der Waals surface area contributed by atoms with Crippen LogP contribution in [0.25, 0.3) is 0 Å². The van der Waals surface area contributed by atoms with Crippen molar-refractivity contribution in [3.05, 3.63) is 0 Å². The van der Waals surface area contributed by atoms with Crippen LogP contribution in [0.2, 0.25) is 0 Å². The van der Waals surface area contributed by atoms with Gasteiger partial charge in [-0.1, -0.05) is 0 Å². The van der Waals surface area contributed by atoms with Crippen molar-refractivity contribution in [2.75, 3.05) is 45.8 Å². The van der Waals surface area contributed by atoms with E-state index in [9.17, 15) is 4.79 Å². The Morgan fingerprint density at radius 1 is 1.29 bits per heavy atom. The first-order valence-corrected chi connectivity index (χ1v) is 6.94. The second kappa shape index (κ2) is 6.36. The van der Waals surface area contributed by atoms with E-state index in [-0.39, 0.29) is 5.91 Å². The van der Waals surface area contributed by atoms with E-state index in [1.54, 1.807) is 6.92 Å². The summed E-state index contributed by atoms with van der Waals surface area (Å²) in [7, 11) is 0. The summed E-state index contributed by atoms with van der Waals surface area (Å²) in [5.41, 5.74) is 0. The molecular formula is C13H25N3O. The molecule has 2 saturated heterocycles. The van der Waals surface area contributed by atoms with E-state index < -0.39 is 0 Å². The van der Waals surface area contributed by atoms with Gasteiger partial charge in [-0.2, -0.15) is 0 Å². The van der Waals surface area contributed by atoms with Crippen molar-refractivity contribution in [3.63, 3.8) is 0 Å². The smallest absolute Gasteiger partial charge is 0.219 e. The number of nitrogens with one attached hydrogen (secondary N) is 1. The van der Waals surface area contributed by atoms with Gasteiger partial charge in [0, 0.05) is 46.2 Å². The van der Waals surface area contributed by atoms with Gasteiger partial charge < -0.3 is 15.1 Å². The van der Waals surface area contributed by atoms with E-state index in [4.69, 9.17) is 0 Å². The van der Waals surface area contributed by atoms with Gasteiger partial charge in [-0.3, -0.25) is 4.79 Å². The molecule has 0 aromatic heterocycles. The molecule has 0 bridgehead atoms. The Morgan fingerprint density at radius 2 is 2.06 bits per heavy atom. The number of amides is 1. The van der Waals surface area contributed by atoms with E-state index in [2.05, 4.69) is 10.2 Å². The van der Waals surface area contributed by atoms with E-state index in [0.29, 0.717) is 0 Å². The molecule has 0 saturated carbocycles. The summed E-state index contributed by atoms with van der Waals surface area (Å²) in [4.78, 5) is 15.9. The topological polar surface area (TPSA) is 35.6 Å². The molecule has 0 aliphatic carbocycles. The van der Waals surface area contributed by atoms with Crippen molar-refractivity contribution < 1.29 is 4.79 Å². The highest BCUT2D eigenvalue weighted by Gasteiger charge is 2.22. The summed E-state index contributed by atoms with van der Waals surface area (Å²) in [6.07, 6.45) is 3.74. The minimum Gasteiger partial charge on any atom is -0.343 e. The average Bonchev–Trinajstić information content (AvgIpc) is 2.38. The summed E-state index contributed by atoms with van der Waals surface area (Å²) >= 11 is 0. The monoisotopic (exact) mass is 239 g/mol. The van der Waals surface area contributed by atoms with E-state index in [1.807, 2.05) is 4.90 Å². The van der Waals surface area contributed by atoms with E-state index in [1.165, 1.54) is 38.9 Å². The zero-order valence-electron chi connectivity index (χ0n) is 11.0. The van der Waals surface area contributed by atoms with Gasteiger partial charge in [0.25, 0.3) is 0 Å². The van der Waals surface area contributed by atoms with Crippen molar-refractivity contribution in [2.24, 2.45) is 5.92 Å². The number of nitrogens with zero attached hydrogens (tertiary/aromatic N) is 2. The third-order valence-corrected chi connectivity index (χ3v) is 4.03. The lowest BCUT2D eigenvalue weighted by Gasteiger charge is -2.34. The van der Waals surface area contributed by atoms with Gasteiger partial charge >= 0.3 is 0 Å². The molecule has 2 rings (SSSR count). The van der Waals surface area contributed by atoms with Crippen LogP contribution in [0.15, 0.2) is 0 Å². The maximum atomic E-state index is 11.4. The van der Waals surface area contributed by atoms with Crippen LogP contribution in [0.4, 0.5) is 0 Å². The highest BCUT2D eigenvalue weighted by atomic mass is 16.2. The predicted molar refractivity (Wildman–Crippen MR) is 68.9 cm³/mol. The molecule has 0 aromatic carbocycles. The highest BCUT2D eigenvalue weighted by Crippen LogP contribution is 2.20. The molecule has 0 radical (unpaired) electrons. The van der Waals surface area contributed by atoms with Crippen LogP contribution in [-0.2, 0) is 4.79 Å². The number of hydrogen-bond donors (Lipinski definition) is 1. The fourth-order valence-corrected chi connectivity index (χ4v) is 2.89. The molecule has 98 valence electrons. The summed E-state index contributed by atoms with van der Waals surface area (Å²) in [5.74, 6) is 0.972. The van der Waals surface area contributed by atoms with Crippen molar-refractivity contribution in [3.8, 4) is 0 Å². The summed E-state index contributed by atoms with van der Waals surface area (Å²) in [6, 6.07) is 0. The van der Waals surface area contributed by atoms with Gasteiger partial charge in [-0.15, -0.1) is 0 Å². The zero-order chi connectivity index (χ0) is 12.1. The molecular weight excluding hydrogens is 214 g/mol. The van der Waals surface area contributed by atoms with Gasteiger partial charge in [-0.05, 0) is 31.7 Å². The fraction of sp³-hybridized carbons (Fsp3) is 0.923. The lowest BCUT2D eigenvalue weighted by atomic mass is 9.94. The van der Waals surface area contributed by atoms with Crippen LogP contribution < -0.4 is 5.32 Å². The van der Waals surface area contributed by atoms with Crippen LogP contribution in [0, 0.1) is 5.92 Å². The number of rotatable bonds is 3. The van der Waals surface area contributed by atoms with Crippen molar-refractivity contribution >= 4 is 5.91 Å². The van der Waals surface area contributed by atoms with Crippen LogP contribution in [0.3, 0.4) is 0 Å². The number of hydrogen-bond acceptors (Lipinski definition) is 3. The minimum absolute atomic E-state index is 0.247. The molecule has 0 aromatic rings. The third-order valence-electron chi connectivity index (χ3n) is 4.03. The van der Waals surface area contributed by atoms with Gasteiger partial charge in [-0.25, -0.2) is 0 Å². The zero-order valence-corrected chi connectivity index (χ0v) is 11.0. The first-order chi connectivity index (χ1) is 8.25. The molecule has 17 heavy (non-hydrogen) atoms. The summed E-state index contributed by atoms with van der Waals surface area (Å²) < 4.78 is 0. The molecule has 4 heteroatoms. The predicted octanol–water partition coefficient (Wildman–Crippen LogP) is 0.540. The lowest BCUT2D eigenvalue weighted by Crippen LogP contribution is -2.45. The normalized spacial score (nSPS) is 27.1. The maximum absolute atomic E-state index is 11.4. The first-order valence-electron chi connectivity index (χ1n) is 6.94. The number of likely N-dealkylation sites (tertiary alicyclic amines) is 1. The van der Waals surface area contributed by atoms with Crippen molar-refractivity contribution in [1.29, 1.82) is 0 Å². The Balaban J connectivity index is 1.69. The Kier molecular flexibility index (Phi) is 4.80. The van der Waals surface area contributed by atoms with Crippen LogP contribution in [0.1, 0.15) is 26.2 Å². The number of carbonyl (C=O) groups is 1. The van der Waals surface area contributed by atoms with Crippen LogP contribution in [0.5, 0.6) is 0 Å². The Bertz CT molecular complexity index is 251. The van der Waals surface area contributed by atoms with E-state index >= 15 is 0 Å². The fourth-order valence-electron chi connectivity index (χ4n) is 2.89. The van der Waals surface area contributed by atoms with Gasteiger partial charge in [0.05, 0.1) is 0 Å². The summed E-state index contributed by atoms with van der Waals surface area (Å²) in [6.45, 7) is 9.48. The molecule has 2 aliphatic heterocycles. The molecule has 4 nitrogen and oxygen atoms in total. The molecule has 0 spiro atoms. The van der Waals surface area contributed by atoms with Gasteiger partial charge in [0.2, 0.25) is 5.91 Å². The quantitative estimate of drug-likeness (QED) is 0.781. The molecule has 2 fully saturated rings. The minimum atomic E-state index is 0.247. The Labute approximate surface area is 104 Å². The van der Waals surface area contributed by atoms with Crippen molar-refractivity contribution in [1.82, 2.24) is 15.1 Å². The van der Waals surface area contributed by atoms with E-state index in [0.717, 1.165) is 32.1 Å². The van der Waals surface area contributed by atoms with Gasteiger partial charge in [0.1, 0.15) is 0 Å². The average molecular weight is 239 g/mol. The number of carbonyl (C=O) groups excluding carboxylic acids is 1.